The molecule has 2 nitrogen and oxygen atoms in total. The SMILES string of the molecule is OC1=CC=C2C(=CC=Cc3c2ccc2cc(O)ccc32)C1. The Morgan fingerprint density at radius 2 is 1.81 bits per heavy atom. The first kappa shape index (κ1) is 12.0. The van der Waals surface area contributed by atoms with Crippen molar-refractivity contribution in [1.82, 2.24) is 0 Å². The molecule has 2 aliphatic carbocycles. The molecule has 0 saturated carbocycles. The molecule has 2 aromatic carbocycles. The van der Waals surface area contributed by atoms with Crippen LogP contribution >= 0.6 is 0 Å². The number of aliphatic hydroxyl groups is 1. The first-order chi connectivity index (χ1) is 10.2. The van der Waals surface area contributed by atoms with Crippen molar-refractivity contribution in [2.24, 2.45) is 0 Å². The molecule has 0 fully saturated rings. The summed E-state index contributed by atoms with van der Waals surface area (Å²) in [5.41, 5.74) is 4.60. The van der Waals surface area contributed by atoms with Gasteiger partial charge in [-0.05, 0) is 51.3 Å². The molecule has 0 saturated heterocycles. The van der Waals surface area contributed by atoms with Crippen molar-refractivity contribution < 1.29 is 10.2 Å². The topological polar surface area (TPSA) is 40.5 Å². The summed E-state index contributed by atoms with van der Waals surface area (Å²) in [6, 6.07) is 9.57. The molecule has 2 heteroatoms. The van der Waals surface area contributed by atoms with E-state index in [0.29, 0.717) is 12.2 Å². The highest BCUT2D eigenvalue weighted by Crippen LogP contribution is 2.38. The highest BCUT2D eigenvalue weighted by atomic mass is 16.3. The number of benzene rings is 2. The summed E-state index contributed by atoms with van der Waals surface area (Å²) in [4.78, 5) is 0. The first-order valence-electron chi connectivity index (χ1n) is 6.96. The fourth-order valence-electron chi connectivity index (χ4n) is 3.06. The van der Waals surface area contributed by atoms with E-state index in [1.54, 1.807) is 18.2 Å². The van der Waals surface area contributed by atoms with Crippen LogP contribution in [-0.2, 0) is 0 Å². The summed E-state index contributed by atoms with van der Waals surface area (Å²) in [6.45, 7) is 0. The van der Waals surface area contributed by atoms with Gasteiger partial charge in [0.2, 0.25) is 0 Å². The zero-order valence-electron chi connectivity index (χ0n) is 11.4. The van der Waals surface area contributed by atoms with Crippen LogP contribution in [0.4, 0.5) is 0 Å². The lowest BCUT2D eigenvalue weighted by Crippen LogP contribution is -1.98. The van der Waals surface area contributed by atoms with Crippen molar-refractivity contribution in [2.45, 2.75) is 6.42 Å². The predicted octanol–water partition coefficient (Wildman–Crippen LogP) is 4.73. The zero-order chi connectivity index (χ0) is 14.4. The molecule has 21 heavy (non-hydrogen) atoms. The van der Waals surface area contributed by atoms with Crippen LogP contribution in [0.5, 0.6) is 5.75 Å². The molecule has 0 bridgehead atoms. The molecule has 0 spiro atoms. The molecule has 2 N–H and O–H groups in total. The van der Waals surface area contributed by atoms with Crippen molar-refractivity contribution in [3.8, 4) is 5.75 Å². The van der Waals surface area contributed by atoms with E-state index in [1.165, 1.54) is 0 Å². The molecular weight excluding hydrogens is 260 g/mol. The second-order valence-electron chi connectivity index (χ2n) is 5.40. The summed E-state index contributed by atoms with van der Waals surface area (Å²) in [5, 5.41) is 21.5. The third-order valence-electron chi connectivity index (χ3n) is 4.06. The van der Waals surface area contributed by atoms with E-state index >= 15 is 0 Å². The lowest BCUT2D eigenvalue weighted by molar-refractivity contribution is 0.398. The number of aliphatic hydroxyl groups excluding tert-OH is 1. The average molecular weight is 274 g/mol. The number of allylic oxidation sites excluding steroid dienone is 6. The molecule has 2 aromatic rings. The van der Waals surface area contributed by atoms with E-state index < -0.39 is 0 Å². The molecular formula is C19H14O2. The van der Waals surface area contributed by atoms with E-state index in [1.807, 2.05) is 24.3 Å². The number of rotatable bonds is 0. The number of phenolic OH excluding ortho intramolecular Hbond substituents is 1. The lowest BCUT2D eigenvalue weighted by atomic mass is 9.88. The van der Waals surface area contributed by atoms with E-state index in [-0.39, 0.29) is 5.75 Å². The number of fused-ring (bicyclic) bond motifs is 5. The van der Waals surface area contributed by atoms with Crippen LogP contribution in [0, 0.1) is 0 Å². The highest BCUT2D eigenvalue weighted by molar-refractivity contribution is 6.00. The monoisotopic (exact) mass is 274 g/mol. The molecule has 0 heterocycles. The van der Waals surface area contributed by atoms with Crippen LogP contribution in [-0.4, -0.2) is 10.2 Å². The lowest BCUT2D eigenvalue weighted by Gasteiger charge is -2.17. The van der Waals surface area contributed by atoms with Gasteiger partial charge >= 0.3 is 0 Å². The minimum absolute atomic E-state index is 0.281. The van der Waals surface area contributed by atoms with Crippen molar-refractivity contribution in [2.75, 3.05) is 0 Å². The van der Waals surface area contributed by atoms with Crippen molar-refractivity contribution in [3.63, 3.8) is 0 Å². The van der Waals surface area contributed by atoms with E-state index in [2.05, 4.69) is 18.2 Å². The molecule has 0 aliphatic heterocycles. The van der Waals surface area contributed by atoms with Crippen molar-refractivity contribution in [3.05, 3.63) is 77.1 Å². The van der Waals surface area contributed by atoms with Gasteiger partial charge in [-0.3, -0.25) is 0 Å². The summed E-state index contributed by atoms with van der Waals surface area (Å²) in [6.07, 6.45) is 10.5. The molecule has 0 atom stereocenters. The first-order valence-corrected chi connectivity index (χ1v) is 6.96. The minimum atomic E-state index is 0.281. The van der Waals surface area contributed by atoms with Crippen LogP contribution in [0.1, 0.15) is 17.5 Å². The van der Waals surface area contributed by atoms with Crippen molar-refractivity contribution in [1.29, 1.82) is 0 Å². The Hall–Kier alpha value is -2.74. The molecule has 0 radical (unpaired) electrons. The largest absolute Gasteiger partial charge is 0.512 e. The fraction of sp³-hybridized carbons (Fsp3) is 0.0526. The van der Waals surface area contributed by atoms with Crippen LogP contribution in [0.25, 0.3) is 22.4 Å². The van der Waals surface area contributed by atoms with E-state index in [0.717, 1.165) is 33.0 Å². The maximum atomic E-state index is 9.71. The zero-order valence-corrected chi connectivity index (χ0v) is 11.4. The molecule has 0 amide bonds. The third-order valence-corrected chi connectivity index (χ3v) is 4.06. The second-order valence-corrected chi connectivity index (χ2v) is 5.40. The summed E-state index contributed by atoms with van der Waals surface area (Å²) >= 11 is 0. The second kappa shape index (κ2) is 4.38. The van der Waals surface area contributed by atoms with Gasteiger partial charge in [0.1, 0.15) is 5.75 Å². The number of aromatic hydroxyl groups is 1. The fourth-order valence-corrected chi connectivity index (χ4v) is 3.06. The molecule has 102 valence electrons. The molecule has 4 rings (SSSR count). The Bertz CT molecular complexity index is 880. The Morgan fingerprint density at radius 3 is 2.71 bits per heavy atom. The van der Waals surface area contributed by atoms with Gasteiger partial charge in [0.15, 0.2) is 0 Å². The minimum Gasteiger partial charge on any atom is -0.512 e. The summed E-state index contributed by atoms with van der Waals surface area (Å²) < 4.78 is 0. The maximum Gasteiger partial charge on any atom is 0.116 e. The Balaban J connectivity index is 2.03. The maximum absolute atomic E-state index is 9.71. The third kappa shape index (κ3) is 1.88. The van der Waals surface area contributed by atoms with Gasteiger partial charge in [-0.15, -0.1) is 0 Å². The average Bonchev–Trinajstić information content (AvgIpc) is 2.65. The number of phenols is 1. The van der Waals surface area contributed by atoms with Crippen LogP contribution in [0.3, 0.4) is 0 Å². The quantitative estimate of drug-likeness (QED) is 0.729. The smallest absolute Gasteiger partial charge is 0.116 e. The van der Waals surface area contributed by atoms with Gasteiger partial charge in [0.25, 0.3) is 0 Å². The predicted molar refractivity (Wildman–Crippen MR) is 86.0 cm³/mol. The standard InChI is InChI=1S/C19H14O2/c20-14-5-8-16-12(10-14)2-1-3-18-17-9-6-15(21)11-13(17)4-7-19(16)18/h1-9,11,20-21H,10H2. The molecule has 0 aromatic heterocycles. The summed E-state index contributed by atoms with van der Waals surface area (Å²) in [5.74, 6) is 0.677. The van der Waals surface area contributed by atoms with Crippen LogP contribution in [0.15, 0.2) is 66.0 Å². The van der Waals surface area contributed by atoms with Gasteiger partial charge in [0.05, 0.1) is 5.76 Å². The van der Waals surface area contributed by atoms with E-state index in [9.17, 15) is 10.2 Å². The van der Waals surface area contributed by atoms with Gasteiger partial charge in [-0.2, -0.15) is 0 Å². The number of hydrogen-bond donors (Lipinski definition) is 2. The molecule has 0 unspecified atom stereocenters. The van der Waals surface area contributed by atoms with Crippen LogP contribution < -0.4 is 0 Å². The Morgan fingerprint density at radius 1 is 0.905 bits per heavy atom. The summed E-state index contributed by atoms with van der Waals surface area (Å²) in [7, 11) is 0. The molecule has 2 aliphatic rings. The number of hydrogen-bond acceptors (Lipinski definition) is 2. The van der Waals surface area contributed by atoms with Gasteiger partial charge < -0.3 is 10.2 Å². The normalized spacial score (nSPS) is 16.5. The van der Waals surface area contributed by atoms with Crippen molar-refractivity contribution >= 4 is 22.4 Å². The van der Waals surface area contributed by atoms with Gasteiger partial charge in [-0.1, -0.05) is 42.5 Å². The Labute approximate surface area is 122 Å². The van der Waals surface area contributed by atoms with Crippen LogP contribution in [0.2, 0.25) is 0 Å². The Kier molecular flexibility index (Phi) is 2.51. The van der Waals surface area contributed by atoms with Gasteiger partial charge in [-0.25, -0.2) is 0 Å². The van der Waals surface area contributed by atoms with E-state index in [4.69, 9.17) is 0 Å². The highest BCUT2D eigenvalue weighted by Gasteiger charge is 2.18. The van der Waals surface area contributed by atoms with Gasteiger partial charge in [0, 0.05) is 6.42 Å².